The van der Waals surface area contributed by atoms with Crippen LogP contribution in [0.2, 0.25) is 0 Å². The van der Waals surface area contributed by atoms with Crippen LogP contribution in [0, 0.1) is 12.3 Å². The second-order valence-corrected chi connectivity index (χ2v) is 7.19. The average Bonchev–Trinajstić information content (AvgIpc) is 2.45. The van der Waals surface area contributed by atoms with E-state index < -0.39 is 5.41 Å². The molecule has 0 fully saturated rings. The maximum atomic E-state index is 12.1. The van der Waals surface area contributed by atoms with Crippen LogP contribution in [0.1, 0.15) is 38.8 Å². The number of nitrogens with two attached hydrogens (primary N) is 1. The monoisotopic (exact) mass is 295 g/mol. The zero-order chi connectivity index (χ0) is 16.5. The number of primary amides is 1. The van der Waals surface area contributed by atoms with E-state index in [2.05, 4.69) is 43.3 Å². The molecule has 2 rings (SSSR count). The Bertz CT molecular complexity index is 680. The fraction of sp³-hybridized carbons (Fsp3) is 0.350. The third-order valence-electron chi connectivity index (χ3n) is 4.81. The summed E-state index contributed by atoms with van der Waals surface area (Å²) in [4.78, 5) is 12.1. The molecule has 0 radical (unpaired) electrons. The van der Waals surface area contributed by atoms with Crippen LogP contribution in [0.3, 0.4) is 0 Å². The van der Waals surface area contributed by atoms with Crippen LogP contribution < -0.4 is 5.73 Å². The molecule has 0 aliphatic carbocycles. The number of amides is 1. The van der Waals surface area contributed by atoms with Gasteiger partial charge in [0.2, 0.25) is 5.91 Å². The van der Waals surface area contributed by atoms with Crippen molar-refractivity contribution in [3.63, 3.8) is 0 Å². The lowest BCUT2D eigenvalue weighted by Gasteiger charge is -2.39. The summed E-state index contributed by atoms with van der Waals surface area (Å²) in [6.45, 7) is 10.2. The van der Waals surface area contributed by atoms with Crippen molar-refractivity contribution in [2.45, 2.75) is 40.0 Å². The summed E-state index contributed by atoms with van der Waals surface area (Å²) < 4.78 is 0. The SMILES string of the molecule is Cc1cccc(-c2ccc(C(C)(C(N)=O)C(C)(C)C)cc2)c1. The largest absolute Gasteiger partial charge is 0.369 e. The van der Waals surface area contributed by atoms with E-state index in [1.54, 1.807) is 0 Å². The Morgan fingerprint density at radius 1 is 0.909 bits per heavy atom. The molecule has 2 nitrogen and oxygen atoms in total. The number of carbonyl (C=O) groups excluding carboxylic acids is 1. The van der Waals surface area contributed by atoms with Gasteiger partial charge in [0.25, 0.3) is 0 Å². The van der Waals surface area contributed by atoms with Gasteiger partial charge in [0.1, 0.15) is 0 Å². The average molecular weight is 295 g/mol. The lowest BCUT2D eigenvalue weighted by molar-refractivity contribution is -0.126. The van der Waals surface area contributed by atoms with Crippen LogP contribution in [0.4, 0.5) is 0 Å². The first-order valence-corrected chi connectivity index (χ1v) is 7.64. The molecule has 0 spiro atoms. The predicted octanol–water partition coefficient (Wildman–Crippen LogP) is 4.45. The smallest absolute Gasteiger partial charge is 0.228 e. The van der Waals surface area contributed by atoms with Crippen molar-refractivity contribution in [1.82, 2.24) is 0 Å². The molecule has 1 atom stereocenters. The summed E-state index contributed by atoms with van der Waals surface area (Å²) in [6, 6.07) is 16.6. The zero-order valence-electron chi connectivity index (χ0n) is 14.1. The summed E-state index contributed by atoms with van der Waals surface area (Å²) in [5, 5.41) is 0. The van der Waals surface area contributed by atoms with Crippen LogP contribution in [-0.4, -0.2) is 5.91 Å². The molecule has 0 saturated heterocycles. The van der Waals surface area contributed by atoms with Crippen LogP contribution in [-0.2, 0) is 10.2 Å². The van der Waals surface area contributed by atoms with Gasteiger partial charge in [0.15, 0.2) is 0 Å². The van der Waals surface area contributed by atoms with Crippen molar-refractivity contribution in [1.29, 1.82) is 0 Å². The molecule has 2 aromatic rings. The third-order valence-corrected chi connectivity index (χ3v) is 4.81. The van der Waals surface area contributed by atoms with E-state index in [4.69, 9.17) is 5.73 Å². The van der Waals surface area contributed by atoms with Gasteiger partial charge in [0, 0.05) is 0 Å². The quantitative estimate of drug-likeness (QED) is 0.893. The molecule has 1 unspecified atom stereocenters. The zero-order valence-corrected chi connectivity index (χ0v) is 14.1. The first-order valence-electron chi connectivity index (χ1n) is 7.64. The standard InChI is InChI=1S/C20H25NO/c1-14-7-6-8-16(13-14)15-9-11-17(12-10-15)20(5,18(21)22)19(2,3)4/h6-13H,1-5H3,(H2,21,22). The number of carbonyl (C=O) groups is 1. The Balaban J connectivity index is 2.46. The van der Waals surface area contributed by atoms with Gasteiger partial charge >= 0.3 is 0 Å². The normalized spacial score (nSPS) is 14.4. The molecule has 1 amide bonds. The molecule has 22 heavy (non-hydrogen) atoms. The molecule has 0 heterocycles. The van der Waals surface area contributed by atoms with Crippen LogP contribution in [0.5, 0.6) is 0 Å². The molecule has 0 saturated carbocycles. The lowest BCUT2D eigenvalue weighted by atomic mass is 9.63. The molecule has 116 valence electrons. The molecule has 0 aliphatic rings. The van der Waals surface area contributed by atoms with Crippen molar-refractivity contribution in [2.24, 2.45) is 11.1 Å². The maximum Gasteiger partial charge on any atom is 0.228 e. The van der Waals surface area contributed by atoms with Crippen LogP contribution in [0.25, 0.3) is 11.1 Å². The molecule has 0 bridgehead atoms. The summed E-state index contributed by atoms with van der Waals surface area (Å²) in [6.07, 6.45) is 0. The minimum Gasteiger partial charge on any atom is -0.369 e. The highest BCUT2D eigenvalue weighted by molar-refractivity contribution is 5.87. The Morgan fingerprint density at radius 2 is 1.50 bits per heavy atom. The predicted molar refractivity (Wildman–Crippen MR) is 92.6 cm³/mol. The highest BCUT2D eigenvalue weighted by Crippen LogP contribution is 2.41. The molecular weight excluding hydrogens is 270 g/mol. The lowest BCUT2D eigenvalue weighted by Crippen LogP contribution is -2.48. The van der Waals surface area contributed by atoms with E-state index in [1.807, 2.05) is 39.8 Å². The van der Waals surface area contributed by atoms with E-state index in [0.29, 0.717) is 0 Å². The first kappa shape index (κ1) is 16.3. The fourth-order valence-electron chi connectivity index (χ4n) is 2.77. The third kappa shape index (κ3) is 2.78. The molecule has 2 N–H and O–H groups in total. The van der Waals surface area contributed by atoms with E-state index in [-0.39, 0.29) is 11.3 Å². The number of rotatable bonds is 3. The minimum absolute atomic E-state index is 0.246. The van der Waals surface area contributed by atoms with E-state index >= 15 is 0 Å². The van der Waals surface area contributed by atoms with Crippen molar-refractivity contribution in [3.05, 3.63) is 59.7 Å². The van der Waals surface area contributed by atoms with Gasteiger partial charge in [-0.2, -0.15) is 0 Å². The Labute approximate surface area is 133 Å². The highest BCUT2D eigenvalue weighted by atomic mass is 16.1. The summed E-state index contributed by atoms with van der Waals surface area (Å²) in [7, 11) is 0. The number of aryl methyl sites for hydroxylation is 1. The van der Waals surface area contributed by atoms with Crippen molar-refractivity contribution in [2.75, 3.05) is 0 Å². The summed E-state index contributed by atoms with van der Waals surface area (Å²) >= 11 is 0. The first-order chi connectivity index (χ1) is 10.2. The minimum atomic E-state index is -0.696. The Morgan fingerprint density at radius 3 is 1.95 bits per heavy atom. The second kappa shape index (κ2) is 5.60. The van der Waals surface area contributed by atoms with Gasteiger partial charge in [-0.05, 0) is 36.0 Å². The van der Waals surface area contributed by atoms with Gasteiger partial charge in [-0.25, -0.2) is 0 Å². The Hall–Kier alpha value is -2.09. The number of hydrogen-bond acceptors (Lipinski definition) is 1. The molecule has 0 aliphatic heterocycles. The van der Waals surface area contributed by atoms with Crippen molar-refractivity contribution < 1.29 is 4.79 Å². The van der Waals surface area contributed by atoms with Gasteiger partial charge in [0.05, 0.1) is 5.41 Å². The maximum absolute atomic E-state index is 12.1. The van der Waals surface area contributed by atoms with Crippen molar-refractivity contribution in [3.8, 4) is 11.1 Å². The highest BCUT2D eigenvalue weighted by Gasteiger charge is 2.44. The molecule has 2 aromatic carbocycles. The van der Waals surface area contributed by atoms with Crippen molar-refractivity contribution >= 4 is 5.91 Å². The molecular formula is C20H25NO. The van der Waals surface area contributed by atoms with Gasteiger partial charge in [-0.1, -0.05) is 74.9 Å². The summed E-state index contributed by atoms with van der Waals surface area (Å²) in [5.74, 6) is -0.289. The number of hydrogen-bond donors (Lipinski definition) is 1. The molecule has 2 heteroatoms. The number of benzene rings is 2. The topological polar surface area (TPSA) is 43.1 Å². The van der Waals surface area contributed by atoms with Gasteiger partial charge in [-0.15, -0.1) is 0 Å². The fourth-order valence-corrected chi connectivity index (χ4v) is 2.77. The Kier molecular flexibility index (Phi) is 4.15. The van der Waals surface area contributed by atoms with Crippen LogP contribution >= 0.6 is 0 Å². The summed E-state index contributed by atoms with van der Waals surface area (Å²) in [5.41, 5.74) is 9.30. The van der Waals surface area contributed by atoms with E-state index in [9.17, 15) is 4.79 Å². The molecule has 0 aromatic heterocycles. The second-order valence-electron chi connectivity index (χ2n) is 7.19. The van der Waals surface area contributed by atoms with Crippen LogP contribution in [0.15, 0.2) is 48.5 Å². The van der Waals surface area contributed by atoms with E-state index in [1.165, 1.54) is 11.1 Å². The van der Waals surface area contributed by atoms with Gasteiger partial charge in [-0.3, -0.25) is 4.79 Å². The van der Waals surface area contributed by atoms with E-state index in [0.717, 1.165) is 11.1 Å². The van der Waals surface area contributed by atoms with Gasteiger partial charge < -0.3 is 5.73 Å².